The van der Waals surface area contributed by atoms with Gasteiger partial charge in [-0.3, -0.25) is 13.9 Å². The minimum atomic E-state index is -4.32. The van der Waals surface area contributed by atoms with Crippen LogP contribution in [-0.2, 0) is 32.6 Å². The normalized spacial score (nSPS) is 11.8. The molecule has 0 spiro atoms. The SMILES string of the molecule is CCNC(=O)C(Cc1ccccc1)N(Cc1ccc(Br)cc1)C(=O)CN(c1ccc(F)cc1)S(=O)(=O)c1ccc(OCC)cc1. The second-order valence-electron chi connectivity index (χ2n) is 10.1. The van der Waals surface area contributed by atoms with Gasteiger partial charge in [-0.2, -0.15) is 0 Å². The van der Waals surface area contributed by atoms with E-state index in [1.54, 1.807) is 6.92 Å². The van der Waals surface area contributed by atoms with Gasteiger partial charge in [0, 0.05) is 24.0 Å². The van der Waals surface area contributed by atoms with E-state index in [2.05, 4.69) is 21.2 Å². The number of carbonyl (C=O) groups excluding carboxylic acids is 2. The molecule has 0 aromatic heterocycles. The molecule has 0 bridgehead atoms. The predicted molar refractivity (Wildman–Crippen MR) is 176 cm³/mol. The van der Waals surface area contributed by atoms with Crippen molar-refractivity contribution in [1.29, 1.82) is 0 Å². The molecule has 1 N–H and O–H groups in total. The van der Waals surface area contributed by atoms with Gasteiger partial charge in [0.25, 0.3) is 10.0 Å². The molecule has 0 saturated carbocycles. The third-order valence-corrected chi connectivity index (χ3v) is 9.32. The van der Waals surface area contributed by atoms with Crippen molar-refractivity contribution in [3.63, 3.8) is 0 Å². The first kappa shape index (κ1) is 33.7. The zero-order chi connectivity index (χ0) is 32.4. The summed E-state index contributed by atoms with van der Waals surface area (Å²) in [6.07, 6.45) is 0.205. The number of hydrogen-bond donors (Lipinski definition) is 1. The Bertz CT molecular complexity index is 1670. The molecule has 11 heteroatoms. The molecule has 1 unspecified atom stereocenters. The van der Waals surface area contributed by atoms with E-state index in [1.165, 1.54) is 41.3 Å². The Morgan fingerprint density at radius 3 is 2.11 bits per heavy atom. The number of likely N-dealkylation sites (N-methyl/N-ethyl adjacent to an activating group) is 1. The molecule has 0 fully saturated rings. The van der Waals surface area contributed by atoms with Crippen molar-refractivity contribution in [3.8, 4) is 5.75 Å². The first-order valence-electron chi connectivity index (χ1n) is 14.5. The van der Waals surface area contributed by atoms with E-state index in [9.17, 15) is 22.4 Å². The molecular formula is C34H35BrFN3O5S. The van der Waals surface area contributed by atoms with Crippen LogP contribution in [0.2, 0.25) is 0 Å². The van der Waals surface area contributed by atoms with Gasteiger partial charge in [-0.1, -0.05) is 58.4 Å². The lowest BCUT2D eigenvalue weighted by Gasteiger charge is -2.33. The molecule has 0 heterocycles. The molecular weight excluding hydrogens is 661 g/mol. The van der Waals surface area contributed by atoms with Crippen LogP contribution in [0, 0.1) is 5.82 Å². The lowest BCUT2D eigenvalue weighted by atomic mass is 10.0. The van der Waals surface area contributed by atoms with Crippen LogP contribution in [0.5, 0.6) is 5.75 Å². The van der Waals surface area contributed by atoms with Crippen LogP contribution in [0.15, 0.2) is 112 Å². The predicted octanol–water partition coefficient (Wildman–Crippen LogP) is 5.96. The second-order valence-corrected chi connectivity index (χ2v) is 12.9. The molecule has 4 aromatic carbocycles. The number of sulfonamides is 1. The van der Waals surface area contributed by atoms with E-state index in [1.807, 2.05) is 61.5 Å². The average Bonchev–Trinajstić information content (AvgIpc) is 3.04. The van der Waals surface area contributed by atoms with E-state index in [-0.39, 0.29) is 29.5 Å². The summed E-state index contributed by atoms with van der Waals surface area (Å²) in [6.45, 7) is 3.77. The van der Waals surface area contributed by atoms with Crippen LogP contribution in [0.1, 0.15) is 25.0 Å². The van der Waals surface area contributed by atoms with E-state index < -0.39 is 34.3 Å². The summed E-state index contributed by atoms with van der Waals surface area (Å²) in [5.74, 6) is -1.04. The van der Waals surface area contributed by atoms with Crippen molar-refractivity contribution in [2.24, 2.45) is 0 Å². The van der Waals surface area contributed by atoms with Gasteiger partial charge in [0.15, 0.2) is 0 Å². The fourth-order valence-corrected chi connectivity index (χ4v) is 6.45. The fourth-order valence-electron chi connectivity index (χ4n) is 4.77. The van der Waals surface area contributed by atoms with Crippen LogP contribution < -0.4 is 14.4 Å². The van der Waals surface area contributed by atoms with E-state index in [4.69, 9.17) is 4.74 Å². The Kier molecular flexibility index (Phi) is 11.7. The Morgan fingerprint density at radius 1 is 0.867 bits per heavy atom. The molecule has 4 rings (SSSR count). The average molecular weight is 697 g/mol. The summed E-state index contributed by atoms with van der Waals surface area (Å²) >= 11 is 3.43. The number of ether oxygens (including phenoxy) is 1. The fraction of sp³-hybridized carbons (Fsp3) is 0.235. The zero-order valence-electron chi connectivity index (χ0n) is 25.0. The smallest absolute Gasteiger partial charge is 0.264 e. The van der Waals surface area contributed by atoms with Crippen molar-refractivity contribution in [1.82, 2.24) is 10.2 Å². The molecule has 4 aromatic rings. The van der Waals surface area contributed by atoms with Crippen LogP contribution in [-0.4, -0.2) is 50.9 Å². The summed E-state index contributed by atoms with van der Waals surface area (Å²) < 4.78 is 49.3. The number of rotatable bonds is 14. The first-order chi connectivity index (χ1) is 21.6. The van der Waals surface area contributed by atoms with Crippen molar-refractivity contribution < 1.29 is 27.1 Å². The van der Waals surface area contributed by atoms with Gasteiger partial charge in [-0.25, -0.2) is 12.8 Å². The molecule has 45 heavy (non-hydrogen) atoms. The number of hydrogen-bond acceptors (Lipinski definition) is 5. The third-order valence-electron chi connectivity index (χ3n) is 7.00. The number of benzene rings is 4. The highest BCUT2D eigenvalue weighted by molar-refractivity contribution is 9.10. The number of anilines is 1. The van der Waals surface area contributed by atoms with E-state index in [0.717, 1.165) is 32.0 Å². The molecule has 0 aliphatic carbocycles. The Balaban J connectivity index is 1.77. The second kappa shape index (κ2) is 15.7. The minimum absolute atomic E-state index is 0.0428. The molecule has 0 saturated heterocycles. The summed E-state index contributed by atoms with van der Waals surface area (Å²) in [4.78, 5) is 29.2. The summed E-state index contributed by atoms with van der Waals surface area (Å²) in [7, 11) is -4.32. The maximum Gasteiger partial charge on any atom is 0.264 e. The minimum Gasteiger partial charge on any atom is -0.494 e. The Labute approximate surface area is 272 Å². The van der Waals surface area contributed by atoms with Crippen LogP contribution in [0.25, 0.3) is 0 Å². The van der Waals surface area contributed by atoms with Gasteiger partial charge in [0.05, 0.1) is 17.2 Å². The Morgan fingerprint density at radius 2 is 1.51 bits per heavy atom. The summed E-state index contributed by atoms with van der Waals surface area (Å²) in [5, 5.41) is 2.83. The monoisotopic (exact) mass is 695 g/mol. The summed E-state index contributed by atoms with van der Waals surface area (Å²) in [6, 6.07) is 26.4. The largest absolute Gasteiger partial charge is 0.494 e. The van der Waals surface area contributed by atoms with E-state index >= 15 is 0 Å². The molecule has 2 amide bonds. The molecule has 0 aliphatic heterocycles. The van der Waals surface area contributed by atoms with Gasteiger partial charge >= 0.3 is 0 Å². The van der Waals surface area contributed by atoms with Gasteiger partial charge in [0.2, 0.25) is 11.8 Å². The lowest BCUT2D eigenvalue weighted by Crippen LogP contribution is -2.53. The molecule has 8 nitrogen and oxygen atoms in total. The zero-order valence-corrected chi connectivity index (χ0v) is 27.4. The van der Waals surface area contributed by atoms with Gasteiger partial charge < -0.3 is 15.0 Å². The van der Waals surface area contributed by atoms with Crippen molar-refractivity contribution in [3.05, 3.63) is 125 Å². The van der Waals surface area contributed by atoms with Crippen LogP contribution in [0.3, 0.4) is 0 Å². The standard InChI is InChI=1S/C34H35BrFN3O5S/c1-3-37-34(41)32(22-25-8-6-5-7-9-25)38(23-26-10-12-27(35)13-11-26)33(40)24-39(29-16-14-28(36)15-17-29)45(42,43)31-20-18-30(19-21-31)44-4-2/h5-21,32H,3-4,22-24H2,1-2H3,(H,37,41). The van der Waals surface area contributed by atoms with Crippen molar-refractivity contribution in [2.45, 2.75) is 37.8 Å². The first-order valence-corrected chi connectivity index (χ1v) is 16.7. The quantitative estimate of drug-likeness (QED) is 0.176. The highest BCUT2D eigenvalue weighted by atomic mass is 79.9. The molecule has 0 aliphatic rings. The van der Waals surface area contributed by atoms with Gasteiger partial charge in [-0.15, -0.1) is 0 Å². The number of carbonyl (C=O) groups is 2. The highest BCUT2D eigenvalue weighted by Gasteiger charge is 2.34. The molecule has 0 radical (unpaired) electrons. The van der Waals surface area contributed by atoms with Gasteiger partial charge in [0.1, 0.15) is 24.2 Å². The number of amides is 2. The number of nitrogens with zero attached hydrogens (tertiary/aromatic N) is 2. The third kappa shape index (κ3) is 8.92. The van der Waals surface area contributed by atoms with Crippen molar-refractivity contribution in [2.75, 3.05) is 24.0 Å². The van der Waals surface area contributed by atoms with Crippen molar-refractivity contribution >= 4 is 43.5 Å². The molecule has 236 valence electrons. The van der Waals surface area contributed by atoms with Crippen LogP contribution >= 0.6 is 15.9 Å². The Hall–Kier alpha value is -4.22. The lowest BCUT2D eigenvalue weighted by molar-refractivity contribution is -0.140. The maximum atomic E-state index is 14.4. The van der Waals surface area contributed by atoms with E-state index in [0.29, 0.717) is 18.9 Å². The maximum absolute atomic E-state index is 14.4. The number of halogens is 2. The van der Waals surface area contributed by atoms with Gasteiger partial charge in [-0.05, 0) is 85.6 Å². The number of nitrogens with one attached hydrogen (secondary N) is 1. The van der Waals surface area contributed by atoms with Crippen LogP contribution in [0.4, 0.5) is 10.1 Å². The molecule has 1 atom stereocenters. The summed E-state index contributed by atoms with van der Waals surface area (Å²) in [5.41, 5.74) is 1.68. The highest BCUT2D eigenvalue weighted by Crippen LogP contribution is 2.27. The topological polar surface area (TPSA) is 96.0 Å².